The average molecular weight is 354 g/mol. The highest BCUT2D eigenvalue weighted by atomic mass is 35.5. The number of fused-ring (bicyclic) bond motifs is 1. The van der Waals surface area contributed by atoms with E-state index in [1.165, 1.54) is 19.2 Å². The summed E-state index contributed by atoms with van der Waals surface area (Å²) in [5, 5.41) is 3.08. The molecular formula is C16H16ClNO6. The maximum Gasteiger partial charge on any atom is 0.349 e. The number of halogens is 1. The van der Waals surface area contributed by atoms with Crippen LogP contribution in [0.2, 0.25) is 0 Å². The summed E-state index contributed by atoms with van der Waals surface area (Å²) in [7, 11) is 1.51. The van der Waals surface area contributed by atoms with Crippen molar-refractivity contribution in [3.05, 3.63) is 40.2 Å². The lowest BCUT2D eigenvalue weighted by Gasteiger charge is -2.06. The molecule has 1 aromatic carbocycles. The van der Waals surface area contributed by atoms with Gasteiger partial charge in [0.2, 0.25) is 0 Å². The van der Waals surface area contributed by atoms with Gasteiger partial charge in [0.15, 0.2) is 0 Å². The molecule has 0 fully saturated rings. The van der Waals surface area contributed by atoms with Crippen LogP contribution >= 0.6 is 11.6 Å². The third-order valence-electron chi connectivity index (χ3n) is 3.07. The first-order valence-corrected chi connectivity index (χ1v) is 7.70. The molecule has 8 heteroatoms. The molecule has 24 heavy (non-hydrogen) atoms. The van der Waals surface area contributed by atoms with Crippen molar-refractivity contribution in [2.75, 3.05) is 26.1 Å². The molecule has 0 unspecified atom stereocenters. The van der Waals surface area contributed by atoms with Crippen molar-refractivity contribution in [3.8, 4) is 5.75 Å². The summed E-state index contributed by atoms with van der Waals surface area (Å²) in [5.41, 5.74) is -0.670. The van der Waals surface area contributed by atoms with Crippen molar-refractivity contribution in [1.29, 1.82) is 0 Å². The summed E-state index contributed by atoms with van der Waals surface area (Å²) in [6.45, 7) is 0.615. The minimum atomic E-state index is -0.776. The van der Waals surface area contributed by atoms with E-state index in [9.17, 15) is 14.4 Å². The Morgan fingerprint density at radius 3 is 2.79 bits per heavy atom. The van der Waals surface area contributed by atoms with E-state index in [4.69, 9.17) is 25.5 Å². The summed E-state index contributed by atoms with van der Waals surface area (Å²) in [6.07, 6.45) is 0.0735. The first kappa shape index (κ1) is 18.0. The molecule has 0 aliphatic carbocycles. The van der Waals surface area contributed by atoms with Crippen molar-refractivity contribution in [2.45, 2.75) is 6.42 Å². The molecule has 128 valence electrons. The quantitative estimate of drug-likeness (QED) is 0.268. The van der Waals surface area contributed by atoms with E-state index in [0.717, 1.165) is 0 Å². The van der Waals surface area contributed by atoms with Crippen LogP contribution in [0.1, 0.15) is 16.8 Å². The molecule has 2 aromatic rings. The van der Waals surface area contributed by atoms with Gasteiger partial charge < -0.3 is 19.2 Å². The van der Waals surface area contributed by atoms with Crippen LogP contribution in [0.3, 0.4) is 0 Å². The highest BCUT2D eigenvalue weighted by Crippen LogP contribution is 2.21. The number of methoxy groups -OCH3 is 1. The number of carbonyl (C=O) groups excluding carboxylic acids is 2. The summed E-state index contributed by atoms with van der Waals surface area (Å²) in [6, 6.07) is 5.97. The highest BCUT2D eigenvalue weighted by Gasteiger charge is 2.14. The van der Waals surface area contributed by atoms with E-state index in [1.54, 1.807) is 12.1 Å². The molecule has 0 bridgehead atoms. The number of esters is 1. The molecule has 0 radical (unpaired) electrons. The van der Waals surface area contributed by atoms with Gasteiger partial charge in [0.1, 0.15) is 16.9 Å². The Morgan fingerprint density at radius 2 is 2.08 bits per heavy atom. The number of amides is 1. The Hall–Kier alpha value is -2.38. The van der Waals surface area contributed by atoms with Crippen molar-refractivity contribution in [3.63, 3.8) is 0 Å². The molecule has 0 spiro atoms. The fourth-order valence-electron chi connectivity index (χ4n) is 1.93. The lowest BCUT2D eigenvalue weighted by molar-refractivity contribution is -0.133. The normalized spacial score (nSPS) is 10.6. The molecule has 0 aliphatic heterocycles. The number of rotatable bonds is 7. The Balaban J connectivity index is 2.24. The summed E-state index contributed by atoms with van der Waals surface area (Å²) in [4.78, 5) is 35.3. The predicted molar refractivity (Wildman–Crippen MR) is 87.7 cm³/mol. The van der Waals surface area contributed by atoms with Crippen LogP contribution in [0, 0.1) is 0 Å². The fraction of sp³-hybridized carbons (Fsp3) is 0.312. The topological polar surface area (TPSA) is 94.8 Å². The van der Waals surface area contributed by atoms with E-state index in [2.05, 4.69) is 5.32 Å². The molecule has 0 saturated heterocycles. The van der Waals surface area contributed by atoms with Crippen LogP contribution in [-0.2, 0) is 9.53 Å². The average Bonchev–Trinajstić information content (AvgIpc) is 2.54. The predicted octanol–water partition coefficient (Wildman–Crippen LogP) is 1.70. The van der Waals surface area contributed by atoms with Gasteiger partial charge >= 0.3 is 11.6 Å². The van der Waals surface area contributed by atoms with Crippen molar-refractivity contribution >= 4 is 34.4 Å². The number of alkyl halides is 1. The number of benzene rings is 1. The van der Waals surface area contributed by atoms with Crippen LogP contribution in [0.25, 0.3) is 11.0 Å². The van der Waals surface area contributed by atoms with Gasteiger partial charge in [0.25, 0.3) is 5.91 Å². The van der Waals surface area contributed by atoms with Crippen LogP contribution in [-0.4, -0.2) is 38.0 Å². The number of nitrogens with one attached hydrogen (secondary N) is 1. The van der Waals surface area contributed by atoms with Crippen LogP contribution in [0.4, 0.5) is 0 Å². The van der Waals surface area contributed by atoms with Crippen LogP contribution in [0.15, 0.2) is 33.5 Å². The summed E-state index contributed by atoms with van der Waals surface area (Å²) < 4.78 is 15.0. The smallest absolute Gasteiger partial charge is 0.349 e. The number of ether oxygens (including phenoxy) is 2. The second-order valence-electron chi connectivity index (χ2n) is 4.81. The van der Waals surface area contributed by atoms with E-state index in [-0.39, 0.29) is 35.7 Å². The van der Waals surface area contributed by atoms with Gasteiger partial charge in [-0.15, -0.1) is 11.6 Å². The van der Waals surface area contributed by atoms with Crippen molar-refractivity contribution in [2.24, 2.45) is 0 Å². The molecule has 0 atom stereocenters. The molecule has 1 heterocycles. The van der Waals surface area contributed by atoms with Crippen molar-refractivity contribution in [1.82, 2.24) is 5.32 Å². The van der Waals surface area contributed by atoms with Gasteiger partial charge in [0.05, 0.1) is 13.0 Å². The zero-order valence-electron chi connectivity index (χ0n) is 13.0. The molecule has 2 rings (SSSR count). The third-order valence-corrected chi connectivity index (χ3v) is 3.26. The SMILES string of the molecule is COCCNC(=O)c1cc2ccc(OC(=O)CCCl)cc2oc1=O. The van der Waals surface area contributed by atoms with E-state index in [0.29, 0.717) is 12.0 Å². The molecule has 0 aliphatic rings. The van der Waals surface area contributed by atoms with E-state index >= 15 is 0 Å². The minimum absolute atomic E-state index is 0.0735. The standard InChI is InChI=1S/C16H16ClNO6/c1-22-7-6-18-15(20)12-8-10-2-3-11(23-14(19)4-5-17)9-13(10)24-16(12)21/h2-3,8-9H,4-7H2,1H3,(H,18,20). The Labute approximate surface area is 142 Å². The van der Waals surface area contributed by atoms with Gasteiger partial charge in [-0.25, -0.2) is 4.79 Å². The molecule has 7 nitrogen and oxygen atoms in total. The van der Waals surface area contributed by atoms with Gasteiger partial charge in [0, 0.05) is 31.0 Å². The summed E-state index contributed by atoms with van der Waals surface area (Å²) in [5.74, 6) is -0.637. The molecule has 1 amide bonds. The van der Waals surface area contributed by atoms with Gasteiger partial charge in [-0.2, -0.15) is 0 Å². The monoisotopic (exact) mass is 353 g/mol. The molecule has 0 saturated carbocycles. The zero-order valence-corrected chi connectivity index (χ0v) is 13.7. The molecule has 1 N–H and O–H groups in total. The largest absolute Gasteiger partial charge is 0.426 e. The Kier molecular flexibility index (Phi) is 6.34. The lowest BCUT2D eigenvalue weighted by atomic mass is 10.1. The second kappa shape index (κ2) is 8.47. The number of hydrogen-bond acceptors (Lipinski definition) is 6. The molecule has 1 aromatic heterocycles. The van der Waals surface area contributed by atoms with Crippen molar-refractivity contribution < 1.29 is 23.5 Å². The highest BCUT2D eigenvalue weighted by molar-refractivity contribution is 6.18. The third kappa shape index (κ3) is 4.56. The van der Waals surface area contributed by atoms with Gasteiger partial charge in [-0.05, 0) is 18.2 Å². The lowest BCUT2D eigenvalue weighted by Crippen LogP contribution is -2.30. The first-order chi connectivity index (χ1) is 11.5. The van der Waals surface area contributed by atoms with Gasteiger partial charge in [-0.3, -0.25) is 9.59 Å². The zero-order chi connectivity index (χ0) is 17.5. The van der Waals surface area contributed by atoms with E-state index < -0.39 is 17.5 Å². The fourth-order valence-corrected chi connectivity index (χ4v) is 2.09. The Morgan fingerprint density at radius 1 is 1.29 bits per heavy atom. The first-order valence-electron chi connectivity index (χ1n) is 7.17. The number of hydrogen-bond donors (Lipinski definition) is 1. The maximum atomic E-state index is 12.0. The minimum Gasteiger partial charge on any atom is -0.426 e. The van der Waals surface area contributed by atoms with Crippen LogP contribution in [0.5, 0.6) is 5.75 Å². The maximum absolute atomic E-state index is 12.0. The summed E-state index contributed by atoms with van der Waals surface area (Å²) >= 11 is 5.46. The van der Waals surface area contributed by atoms with Crippen LogP contribution < -0.4 is 15.7 Å². The Bertz CT molecular complexity index is 801. The molecular weight excluding hydrogens is 338 g/mol. The number of carbonyl (C=O) groups is 2. The van der Waals surface area contributed by atoms with E-state index in [1.807, 2.05) is 0 Å². The second-order valence-corrected chi connectivity index (χ2v) is 5.19. The van der Waals surface area contributed by atoms with Gasteiger partial charge in [-0.1, -0.05) is 0 Å².